The molecule has 1 atom stereocenters. The van der Waals surface area contributed by atoms with Gasteiger partial charge in [-0.2, -0.15) is 0 Å². The Kier molecular flexibility index (Phi) is 2.67. The van der Waals surface area contributed by atoms with E-state index in [0.29, 0.717) is 6.10 Å². The molecule has 94 valence electrons. The lowest BCUT2D eigenvalue weighted by atomic mass is 10.1. The first kappa shape index (κ1) is 11.3. The average Bonchev–Trinajstić information content (AvgIpc) is 3.27. The second kappa shape index (κ2) is 4.51. The lowest BCUT2D eigenvalue weighted by Gasteiger charge is -2.09. The maximum absolute atomic E-state index is 5.32. The molecule has 1 aliphatic rings. The van der Waals surface area contributed by atoms with Crippen LogP contribution in [0.3, 0.4) is 0 Å². The molecule has 0 aliphatic carbocycles. The number of thioether (sulfide) groups is 1. The van der Waals surface area contributed by atoms with Crippen LogP contribution in [0, 0.1) is 0 Å². The summed E-state index contributed by atoms with van der Waals surface area (Å²) in [6.07, 6.45) is 0.440. The highest BCUT2D eigenvalue weighted by atomic mass is 32.2. The van der Waals surface area contributed by atoms with E-state index >= 15 is 0 Å². The van der Waals surface area contributed by atoms with Gasteiger partial charge in [0.1, 0.15) is 0 Å². The van der Waals surface area contributed by atoms with E-state index < -0.39 is 0 Å². The van der Waals surface area contributed by atoms with Gasteiger partial charge in [-0.3, -0.25) is 0 Å². The van der Waals surface area contributed by atoms with Crippen LogP contribution in [-0.2, 0) is 4.74 Å². The number of nitrogens with zero attached hydrogens (tertiary/aromatic N) is 1. The quantitative estimate of drug-likeness (QED) is 0.409. The molecule has 1 saturated heterocycles. The summed E-state index contributed by atoms with van der Waals surface area (Å²) in [5.74, 6) is 1.03. The van der Waals surface area contributed by atoms with Crippen molar-refractivity contribution in [3.8, 4) is 0 Å². The molecule has 0 saturated carbocycles. The number of pyridine rings is 1. The SMILES string of the molecule is c1ccc2c(SCC3CO3)c3ccccc3nc2c1. The van der Waals surface area contributed by atoms with E-state index in [9.17, 15) is 0 Å². The molecule has 1 fully saturated rings. The number of hydrogen-bond donors (Lipinski definition) is 0. The molecule has 3 heteroatoms. The van der Waals surface area contributed by atoms with Crippen molar-refractivity contribution in [1.82, 2.24) is 4.98 Å². The summed E-state index contributed by atoms with van der Waals surface area (Å²) in [7, 11) is 0. The normalized spacial score (nSPS) is 18.0. The number of aromatic nitrogens is 1. The second-order valence-corrected chi connectivity index (χ2v) is 5.77. The largest absolute Gasteiger partial charge is 0.372 e. The summed E-state index contributed by atoms with van der Waals surface area (Å²) in [6.45, 7) is 0.911. The highest BCUT2D eigenvalue weighted by molar-refractivity contribution is 7.99. The number of rotatable bonds is 3. The molecule has 2 heterocycles. The lowest BCUT2D eigenvalue weighted by Crippen LogP contribution is -1.92. The molecule has 0 amide bonds. The van der Waals surface area contributed by atoms with Gasteiger partial charge in [0.25, 0.3) is 0 Å². The van der Waals surface area contributed by atoms with Gasteiger partial charge in [-0.15, -0.1) is 11.8 Å². The standard InChI is InChI=1S/C16H13NOS/c1-3-7-14-12(5-1)16(19-10-11-9-18-11)13-6-2-4-8-15(13)17-14/h1-8,11H,9-10H2. The van der Waals surface area contributed by atoms with Gasteiger partial charge in [0.05, 0.1) is 23.7 Å². The molecule has 0 bridgehead atoms. The van der Waals surface area contributed by atoms with Gasteiger partial charge >= 0.3 is 0 Å². The molecular formula is C16H13NOS. The molecule has 3 aromatic rings. The molecule has 1 unspecified atom stereocenters. The fraction of sp³-hybridized carbons (Fsp3) is 0.188. The van der Waals surface area contributed by atoms with Crippen LogP contribution in [0.4, 0.5) is 0 Å². The number of hydrogen-bond acceptors (Lipinski definition) is 3. The molecule has 0 radical (unpaired) electrons. The smallest absolute Gasteiger partial charge is 0.0903 e. The molecule has 19 heavy (non-hydrogen) atoms. The number of para-hydroxylation sites is 2. The predicted molar refractivity (Wildman–Crippen MR) is 79.7 cm³/mol. The van der Waals surface area contributed by atoms with Gasteiger partial charge in [0.15, 0.2) is 0 Å². The third-order valence-corrected chi connectivity index (χ3v) is 4.62. The summed E-state index contributed by atoms with van der Waals surface area (Å²) in [4.78, 5) is 6.07. The van der Waals surface area contributed by atoms with Crippen LogP contribution in [0.1, 0.15) is 0 Å². The fourth-order valence-corrected chi connectivity index (χ4v) is 3.50. The van der Waals surface area contributed by atoms with Gasteiger partial charge in [-0.1, -0.05) is 36.4 Å². The molecule has 2 aromatic carbocycles. The van der Waals surface area contributed by atoms with Gasteiger partial charge in [-0.25, -0.2) is 4.98 Å². The van der Waals surface area contributed by atoms with E-state index in [1.807, 2.05) is 23.9 Å². The Balaban J connectivity index is 1.95. The van der Waals surface area contributed by atoms with Crippen molar-refractivity contribution in [3.63, 3.8) is 0 Å². The summed E-state index contributed by atoms with van der Waals surface area (Å²) in [5.41, 5.74) is 2.14. The van der Waals surface area contributed by atoms with Crippen molar-refractivity contribution in [2.75, 3.05) is 12.4 Å². The van der Waals surface area contributed by atoms with Crippen molar-refractivity contribution in [2.24, 2.45) is 0 Å². The number of epoxide rings is 1. The van der Waals surface area contributed by atoms with Crippen molar-refractivity contribution in [1.29, 1.82) is 0 Å². The Morgan fingerprint density at radius 2 is 1.58 bits per heavy atom. The first-order valence-corrected chi connectivity index (χ1v) is 7.42. The topological polar surface area (TPSA) is 25.4 Å². The Bertz CT molecular complexity index is 698. The molecular weight excluding hydrogens is 254 g/mol. The maximum atomic E-state index is 5.32. The summed E-state index contributed by atoms with van der Waals surface area (Å²) in [6, 6.07) is 16.7. The molecule has 1 aromatic heterocycles. The van der Waals surface area contributed by atoms with Gasteiger partial charge in [0, 0.05) is 21.4 Å². The minimum atomic E-state index is 0.440. The summed E-state index contributed by atoms with van der Waals surface area (Å²) in [5, 5.41) is 2.48. The van der Waals surface area contributed by atoms with E-state index in [2.05, 4.69) is 36.4 Å². The molecule has 0 N–H and O–H groups in total. The van der Waals surface area contributed by atoms with E-state index in [0.717, 1.165) is 23.4 Å². The minimum absolute atomic E-state index is 0.440. The first-order chi connectivity index (χ1) is 9.42. The van der Waals surface area contributed by atoms with Crippen molar-refractivity contribution < 1.29 is 4.74 Å². The third-order valence-electron chi connectivity index (χ3n) is 3.35. The highest BCUT2D eigenvalue weighted by Gasteiger charge is 2.23. The van der Waals surface area contributed by atoms with Crippen molar-refractivity contribution in [3.05, 3.63) is 48.5 Å². The summed E-state index contributed by atoms with van der Waals surface area (Å²) < 4.78 is 5.32. The lowest BCUT2D eigenvalue weighted by molar-refractivity contribution is 0.426. The van der Waals surface area contributed by atoms with Gasteiger partial charge in [0.2, 0.25) is 0 Å². The Morgan fingerprint density at radius 3 is 2.16 bits per heavy atom. The van der Waals surface area contributed by atoms with Gasteiger partial charge in [-0.05, 0) is 12.1 Å². The van der Waals surface area contributed by atoms with Crippen molar-refractivity contribution in [2.45, 2.75) is 11.0 Å². The van der Waals surface area contributed by atoms with Gasteiger partial charge < -0.3 is 4.74 Å². The Labute approximate surface area is 115 Å². The monoisotopic (exact) mass is 267 g/mol. The minimum Gasteiger partial charge on any atom is -0.372 e. The van der Waals surface area contributed by atoms with Crippen LogP contribution in [0.15, 0.2) is 53.4 Å². The van der Waals surface area contributed by atoms with Crippen LogP contribution in [-0.4, -0.2) is 23.4 Å². The highest BCUT2D eigenvalue weighted by Crippen LogP contribution is 2.35. The molecule has 4 rings (SSSR count). The Morgan fingerprint density at radius 1 is 1.00 bits per heavy atom. The zero-order chi connectivity index (χ0) is 12.7. The average molecular weight is 267 g/mol. The van der Waals surface area contributed by atoms with E-state index in [4.69, 9.17) is 9.72 Å². The second-order valence-electron chi connectivity index (χ2n) is 4.74. The third kappa shape index (κ3) is 2.09. The van der Waals surface area contributed by atoms with E-state index in [-0.39, 0.29) is 0 Å². The molecule has 0 spiro atoms. The van der Waals surface area contributed by atoms with Crippen molar-refractivity contribution >= 4 is 33.6 Å². The Hall–Kier alpha value is -1.58. The first-order valence-electron chi connectivity index (χ1n) is 6.44. The van der Waals surface area contributed by atoms with E-state index in [1.165, 1.54) is 15.7 Å². The van der Waals surface area contributed by atoms with Crippen LogP contribution in [0.25, 0.3) is 21.8 Å². The fourth-order valence-electron chi connectivity index (χ4n) is 2.30. The number of ether oxygens (including phenoxy) is 1. The molecule has 2 nitrogen and oxygen atoms in total. The van der Waals surface area contributed by atoms with Crippen LogP contribution in [0.2, 0.25) is 0 Å². The van der Waals surface area contributed by atoms with Crippen LogP contribution < -0.4 is 0 Å². The predicted octanol–water partition coefficient (Wildman–Crippen LogP) is 3.88. The number of fused-ring (bicyclic) bond motifs is 2. The summed E-state index contributed by atoms with van der Waals surface area (Å²) >= 11 is 1.88. The number of benzene rings is 2. The zero-order valence-electron chi connectivity index (χ0n) is 10.4. The van der Waals surface area contributed by atoms with Crippen LogP contribution >= 0.6 is 11.8 Å². The maximum Gasteiger partial charge on any atom is 0.0903 e. The van der Waals surface area contributed by atoms with E-state index in [1.54, 1.807) is 0 Å². The van der Waals surface area contributed by atoms with Crippen LogP contribution in [0.5, 0.6) is 0 Å². The zero-order valence-corrected chi connectivity index (χ0v) is 11.2. The molecule has 1 aliphatic heterocycles.